The smallest absolute Gasteiger partial charge is 0.294 e. The molecule has 1 aromatic heterocycles. The van der Waals surface area contributed by atoms with Crippen LogP contribution in [-0.2, 0) is 0 Å². The lowest BCUT2D eigenvalue weighted by Gasteiger charge is -1.97. The number of unbranched alkanes of at least 4 members (excludes halogenated alkanes) is 1. The van der Waals surface area contributed by atoms with Crippen LogP contribution < -0.4 is 5.32 Å². The first kappa shape index (κ1) is 9.10. The van der Waals surface area contributed by atoms with Crippen molar-refractivity contribution >= 4 is 6.01 Å². The number of hydrogen-bond acceptors (Lipinski definition) is 3. The molecule has 1 aromatic rings. The Morgan fingerprint density at radius 1 is 1.42 bits per heavy atom. The summed E-state index contributed by atoms with van der Waals surface area (Å²) in [6.07, 6.45) is 2.34. The zero-order chi connectivity index (χ0) is 8.97. The van der Waals surface area contributed by atoms with Crippen LogP contribution in [0, 0.1) is 13.8 Å². The standard InChI is InChI=1S/C9H16N2O/c1-4-5-6-10-9-11-7(2)8(3)12-9/h4-6H2,1-3H3,(H,10,11). The largest absolute Gasteiger partial charge is 0.429 e. The minimum Gasteiger partial charge on any atom is -0.429 e. The van der Waals surface area contributed by atoms with Gasteiger partial charge in [-0.3, -0.25) is 0 Å². The Balaban J connectivity index is 2.42. The Morgan fingerprint density at radius 3 is 2.67 bits per heavy atom. The molecule has 0 saturated carbocycles. The minimum atomic E-state index is 0.651. The third kappa shape index (κ3) is 2.26. The highest BCUT2D eigenvalue weighted by molar-refractivity contribution is 5.23. The van der Waals surface area contributed by atoms with Gasteiger partial charge >= 0.3 is 0 Å². The average molecular weight is 168 g/mol. The number of hydrogen-bond donors (Lipinski definition) is 1. The van der Waals surface area contributed by atoms with Gasteiger partial charge in [0.2, 0.25) is 0 Å². The van der Waals surface area contributed by atoms with Crippen LogP contribution in [-0.4, -0.2) is 11.5 Å². The Labute approximate surface area is 73.2 Å². The topological polar surface area (TPSA) is 38.1 Å². The lowest BCUT2D eigenvalue weighted by atomic mass is 10.3. The molecule has 0 atom stereocenters. The quantitative estimate of drug-likeness (QED) is 0.702. The van der Waals surface area contributed by atoms with Gasteiger partial charge in [-0.25, -0.2) is 0 Å². The summed E-state index contributed by atoms with van der Waals surface area (Å²) in [6, 6.07) is 0.651. The number of aromatic nitrogens is 1. The highest BCUT2D eigenvalue weighted by Gasteiger charge is 2.02. The van der Waals surface area contributed by atoms with Gasteiger partial charge in [-0.2, -0.15) is 4.98 Å². The second kappa shape index (κ2) is 4.14. The average Bonchev–Trinajstić information content (AvgIpc) is 2.32. The molecule has 0 aromatic carbocycles. The summed E-state index contributed by atoms with van der Waals surface area (Å²) >= 11 is 0. The summed E-state index contributed by atoms with van der Waals surface area (Å²) in [5.74, 6) is 0.897. The van der Waals surface area contributed by atoms with Gasteiger partial charge in [0.25, 0.3) is 6.01 Å². The van der Waals surface area contributed by atoms with Gasteiger partial charge in [-0.1, -0.05) is 13.3 Å². The van der Waals surface area contributed by atoms with E-state index >= 15 is 0 Å². The number of aryl methyl sites for hydroxylation is 2. The number of oxazole rings is 1. The van der Waals surface area contributed by atoms with Crippen LogP contribution in [0.25, 0.3) is 0 Å². The number of nitrogens with zero attached hydrogens (tertiary/aromatic N) is 1. The molecule has 0 radical (unpaired) electrons. The molecule has 0 spiro atoms. The molecule has 3 nitrogen and oxygen atoms in total. The molecule has 0 saturated heterocycles. The lowest BCUT2D eigenvalue weighted by Crippen LogP contribution is -2.00. The van der Waals surface area contributed by atoms with E-state index in [4.69, 9.17) is 4.42 Å². The van der Waals surface area contributed by atoms with Gasteiger partial charge in [0.15, 0.2) is 0 Å². The molecular formula is C9H16N2O. The zero-order valence-electron chi connectivity index (χ0n) is 7.98. The fourth-order valence-corrected chi connectivity index (χ4v) is 0.920. The van der Waals surface area contributed by atoms with Crippen LogP contribution in [0.4, 0.5) is 6.01 Å². The maximum Gasteiger partial charge on any atom is 0.294 e. The Morgan fingerprint density at radius 2 is 2.17 bits per heavy atom. The fraction of sp³-hybridized carbons (Fsp3) is 0.667. The Kier molecular flexibility index (Phi) is 3.14. The van der Waals surface area contributed by atoms with Crippen molar-refractivity contribution in [2.75, 3.05) is 11.9 Å². The number of rotatable bonds is 4. The molecular weight excluding hydrogens is 152 g/mol. The van der Waals surface area contributed by atoms with Crippen molar-refractivity contribution in [3.05, 3.63) is 11.5 Å². The Bertz CT molecular complexity index is 223. The molecule has 0 amide bonds. The van der Waals surface area contributed by atoms with Crippen LogP contribution in [0.3, 0.4) is 0 Å². The van der Waals surface area contributed by atoms with Crippen LogP contribution in [0.15, 0.2) is 4.42 Å². The van der Waals surface area contributed by atoms with E-state index in [1.54, 1.807) is 0 Å². The van der Waals surface area contributed by atoms with Crippen LogP contribution in [0.1, 0.15) is 31.2 Å². The normalized spacial score (nSPS) is 10.2. The lowest BCUT2D eigenvalue weighted by molar-refractivity contribution is 0.537. The molecule has 0 aliphatic carbocycles. The summed E-state index contributed by atoms with van der Waals surface area (Å²) in [6.45, 7) is 6.97. The van der Waals surface area contributed by atoms with Gasteiger partial charge in [0.1, 0.15) is 5.76 Å². The van der Waals surface area contributed by atoms with Crippen molar-refractivity contribution in [3.8, 4) is 0 Å². The summed E-state index contributed by atoms with van der Waals surface area (Å²) in [4.78, 5) is 4.20. The van der Waals surface area contributed by atoms with E-state index in [9.17, 15) is 0 Å². The Hall–Kier alpha value is -0.990. The van der Waals surface area contributed by atoms with Gasteiger partial charge in [-0.05, 0) is 20.3 Å². The monoisotopic (exact) mass is 168 g/mol. The summed E-state index contributed by atoms with van der Waals surface area (Å²) in [5.41, 5.74) is 0.967. The van der Waals surface area contributed by atoms with Crippen LogP contribution in [0.5, 0.6) is 0 Å². The molecule has 68 valence electrons. The molecule has 0 aliphatic heterocycles. The van der Waals surface area contributed by atoms with Crippen molar-refractivity contribution < 1.29 is 4.42 Å². The van der Waals surface area contributed by atoms with E-state index < -0.39 is 0 Å². The van der Waals surface area contributed by atoms with E-state index in [1.807, 2.05) is 13.8 Å². The van der Waals surface area contributed by atoms with E-state index in [0.29, 0.717) is 6.01 Å². The maximum absolute atomic E-state index is 5.34. The van der Waals surface area contributed by atoms with E-state index in [-0.39, 0.29) is 0 Å². The SMILES string of the molecule is CCCCNc1nc(C)c(C)o1. The molecule has 3 heteroatoms. The predicted octanol–water partition coefficient (Wildman–Crippen LogP) is 2.50. The van der Waals surface area contributed by atoms with Gasteiger partial charge < -0.3 is 9.73 Å². The van der Waals surface area contributed by atoms with Gasteiger partial charge in [-0.15, -0.1) is 0 Å². The highest BCUT2D eigenvalue weighted by Crippen LogP contribution is 2.12. The summed E-state index contributed by atoms with van der Waals surface area (Å²) < 4.78 is 5.34. The number of anilines is 1. The molecule has 0 aliphatic rings. The first-order chi connectivity index (χ1) is 5.74. The van der Waals surface area contributed by atoms with Crippen molar-refractivity contribution in [3.63, 3.8) is 0 Å². The molecule has 0 unspecified atom stereocenters. The van der Waals surface area contributed by atoms with Gasteiger partial charge in [0, 0.05) is 6.54 Å². The van der Waals surface area contributed by atoms with Crippen molar-refractivity contribution in [2.45, 2.75) is 33.6 Å². The second-order valence-electron chi connectivity index (χ2n) is 2.94. The summed E-state index contributed by atoms with van der Waals surface area (Å²) in [5, 5.41) is 3.13. The number of nitrogens with one attached hydrogen (secondary N) is 1. The first-order valence-corrected chi connectivity index (χ1v) is 4.42. The van der Waals surface area contributed by atoms with Gasteiger partial charge in [0.05, 0.1) is 5.69 Å². The maximum atomic E-state index is 5.34. The summed E-state index contributed by atoms with van der Waals surface area (Å²) in [7, 11) is 0. The molecule has 1 N–H and O–H groups in total. The molecule has 1 heterocycles. The predicted molar refractivity (Wildman–Crippen MR) is 49.4 cm³/mol. The van der Waals surface area contributed by atoms with Crippen molar-refractivity contribution in [1.82, 2.24) is 4.98 Å². The zero-order valence-corrected chi connectivity index (χ0v) is 7.98. The molecule has 12 heavy (non-hydrogen) atoms. The molecule has 0 bridgehead atoms. The second-order valence-corrected chi connectivity index (χ2v) is 2.94. The third-order valence-electron chi connectivity index (χ3n) is 1.84. The highest BCUT2D eigenvalue weighted by atomic mass is 16.4. The minimum absolute atomic E-state index is 0.651. The van der Waals surface area contributed by atoms with Crippen molar-refractivity contribution in [1.29, 1.82) is 0 Å². The van der Waals surface area contributed by atoms with Crippen LogP contribution >= 0.6 is 0 Å². The molecule has 1 rings (SSSR count). The third-order valence-corrected chi connectivity index (χ3v) is 1.84. The van der Waals surface area contributed by atoms with E-state index in [1.165, 1.54) is 6.42 Å². The van der Waals surface area contributed by atoms with Crippen molar-refractivity contribution in [2.24, 2.45) is 0 Å². The van der Waals surface area contributed by atoms with E-state index in [0.717, 1.165) is 24.4 Å². The first-order valence-electron chi connectivity index (χ1n) is 4.42. The fourth-order valence-electron chi connectivity index (χ4n) is 0.920. The molecule has 0 fully saturated rings. The van der Waals surface area contributed by atoms with E-state index in [2.05, 4.69) is 17.2 Å². The van der Waals surface area contributed by atoms with Crippen LogP contribution in [0.2, 0.25) is 0 Å².